The molecular formula is C19H13BrN4O2S. The van der Waals surface area contributed by atoms with Crippen LogP contribution in [0.25, 0.3) is 16.8 Å². The second-order valence-corrected chi connectivity index (χ2v) is 7.39. The lowest BCUT2D eigenvalue weighted by Crippen LogP contribution is -1.95. The molecule has 2 aromatic carbocycles. The van der Waals surface area contributed by atoms with Gasteiger partial charge in [0.1, 0.15) is 16.6 Å². The van der Waals surface area contributed by atoms with E-state index in [0.29, 0.717) is 21.8 Å². The van der Waals surface area contributed by atoms with E-state index in [1.807, 2.05) is 29.6 Å². The van der Waals surface area contributed by atoms with Crippen LogP contribution in [0.1, 0.15) is 10.6 Å². The van der Waals surface area contributed by atoms with Crippen molar-refractivity contribution in [1.82, 2.24) is 4.98 Å². The van der Waals surface area contributed by atoms with Gasteiger partial charge < -0.3 is 5.32 Å². The summed E-state index contributed by atoms with van der Waals surface area (Å²) in [6, 6.07) is 14.5. The highest BCUT2D eigenvalue weighted by Gasteiger charge is 2.10. The Morgan fingerprint density at radius 3 is 2.70 bits per heavy atom. The van der Waals surface area contributed by atoms with Gasteiger partial charge in [0.2, 0.25) is 0 Å². The molecule has 1 heterocycles. The Bertz CT molecular complexity index is 1070. The molecule has 3 aromatic rings. The summed E-state index contributed by atoms with van der Waals surface area (Å²) in [5, 5.41) is 25.8. The van der Waals surface area contributed by atoms with E-state index in [-0.39, 0.29) is 5.69 Å². The Kier molecular flexibility index (Phi) is 5.64. The lowest BCUT2D eigenvalue weighted by atomic mass is 10.2. The number of anilines is 1. The second-order valence-electron chi connectivity index (χ2n) is 5.62. The number of allylic oxidation sites excluding steroid dienone is 1. The normalized spacial score (nSPS) is 11.1. The molecule has 8 heteroatoms. The number of halogens is 1. The molecule has 3 rings (SSSR count). The Hall–Kier alpha value is -3.02. The van der Waals surface area contributed by atoms with Crippen molar-refractivity contribution in [2.45, 2.75) is 6.92 Å². The van der Waals surface area contributed by atoms with Gasteiger partial charge in [-0.25, -0.2) is 4.98 Å². The van der Waals surface area contributed by atoms with Crippen LogP contribution in [0, 0.1) is 28.4 Å². The zero-order chi connectivity index (χ0) is 19.4. The predicted octanol–water partition coefficient (Wildman–Crippen LogP) is 5.77. The van der Waals surface area contributed by atoms with Gasteiger partial charge >= 0.3 is 0 Å². The molecule has 0 aliphatic carbocycles. The molecule has 0 bridgehead atoms. The first kappa shape index (κ1) is 18.8. The summed E-state index contributed by atoms with van der Waals surface area (Å²) in [5.74, 6) is 0. The minimum atomic E-state index is -0.438. The molecule has 134 valence electrons. The van der Waals surface area contributed by atoms with Crippen molar-refractivity contribution < 1.29 is 4.92 Å². The van der Waals surface area contributed by atoms with Gasteiger partial charge in [-0.3, -0.25) is 10.1 Å². The molecule has 0 amide bonds. The number of aryl methyl sites for hydroxylation is 1. The summed E-state index contributed by atoms with van der Waals surface area (Å²) in [6.45, 7) is 1.77. The fourth-order valence-electron chi connectivity index (χ4n) is 2.37. The highest BCUT2D eigenvalue weighted by molar-refractivity contribution is 9.10. The van der Waals surface area contributed by atoms with Crippen LogP contribution in [0.2, 0.25) is 0 Å². The molecule has 6 nitrogen and oxygen atoms in total. The molecule has 0 aliphatic rings. The fraction of sp³-hybridized carbons (Fsp3) is 0.0526. The van der Waals surface area contributed by atoms with E-state index in [4.69, 9.17) is 0 Å². The van der Waals surface area contributed by atoms with Crippen molar-refractivity contribution in [2.75, 3.05) is 5.32 Å². The van der Waals surface area contributed by atoms with E-state index in [2.05, 4.69) is 32.3 Å². The molecule has 0 aliphatic heterocycles. The average Bonchev–Trinajstić information content (AvgIpc) is 3.13. The molecule has 0 spiro atoms. The van der Waals surface area contributed by atoms with Crippen LogP contribution >= 0.6 is 27.3 Å². The maximum absolute atomic E-state index is 10.8. The number of nitro benzene ring substituents is 1. The van der Waals surface area contributed by atoms with E-state index in [1.165, 1.54) is 23.5 Å². The molecule has 0 saturated heterocycles. The number of non-ortho nitro benzene ring substituents is 1. The van der Waals surface area contributed by atoms with Gasteiger partial charge in [-0.1, -0.05) is 28.1 Å². The summed E-state index contributed by atoms with van der Waals surface area (Å²) in [5.41, 5.74) is 3.60. The number of nitrogens with zero attached hydrogens (tertiary/aromatic N) is 3. The van der Waals surface area contributed by atoms with Gasteiger partial charge in [-0.15, -0.1) is 11.3 Å². The third-order valence-electron chi connectivity index (χ3n) is 3.79. The van der Waals surface area contributed by atoms with Crippen molar-refractivity contribution >= 4 is 44.2 Å². The lowest BCUT2D eigenvalue weighted by Gasteiger charge is -2.05. The Balaban J connectivity index is 1.82. The quantitative estimate of drug-likeness (QED) is 0.309. The van der Waals surface area contributed by atoms with Crippen molar-refractivity contribution in [3.63, 3.8) is 0 Å². The first-order valence-corrected chi connectivity index (χ1v) is 9.49. The number of nitrogens with one attached hydrogen (secondary N) is 1. The minimum Gasteiger partial charge on any atom is -0.360 e. The molecule has 1 aromatic heterocycles. The summed E-state index contributed by atoms with van der Waals surface area (Å²) in [4.78, 5) is 14.9. The number of aromatic nitrogens is 1. The van der Waals surface area contributed by atoms with E-state index in [1.54, 1.807) is 19.2 Å². The van der Waals surface area contributed by atoms with Crippen LogP contribution in [0.15, 0.2) is 58.5 Å². The summed E-state index contributed by atoms with van der Waals surface area (Å²) in [7, 11) is 0. The van der Waals surface area contributed by atoms with Gasteiger partial charge in [0.15, 0.2) is 0 Å². The van der Waals surface area contributed by atoms with Crippen LogP contribution in [-0.2, 0) is 0 Å². The molecule has 27 heavy (non-hydrogen) atoms. The van der Waals surface area contributed by atoms with Gasteiger partial charge in [-0.2, -0.15) is 5.26 Å². The van der Waals surface area contributed by atoms with Crippen molar-refractivity contribution in [2.24, 2.45) is 0 Å². The predicted molar refractivity (Wildman–Crippen MR) is 110 cm³/mol. The molecule has 0 atom stereocenters. The van der Waals surface area contributed by atoms with E-state index >= 15 is 0 Å². The number of rotatable bonds is 5. The Labute approximate surface area is 168 Å². The number of hydrogen-bond acceptors (Lipinski definition) is 6. The number of nitro groups is 1. The third kappa shape index (κ3) is 4.39. The molecule has 1 N–H and O–H groups in total. The molecule has 0 unspecified atom stereocenters. The Morgan fingerprint density at radius 2 is 2.07 bits per heavy atom. The van der Waals surface area contributed by atoms with Crippen LogP contribution in [-0.4, -0.2) is 9.91 Å². The van der Waals surface area contributed by atoms with Crippen LogP contribution in [0.3, 0.4) is 0 Å². The summed E-state index contributed by atoms with van der Waals surface area (Å²) >= 11 is 4.79. The maximum Gasteiger partial charge on any atom is 0.269 e. The maximum atomic E-state index is 10.8. The molecule has 0 radical (unpaired) electrons. The first-order valence-electron chi connectivity index (χ1n) is 7.81. The number of benzene rings is 2. The van der Waals surface area contributed by atoms with Gasteiger partial charge in [0.25, 0.3) is 5.69 Å². The number of nitriles is 1. The molecule has 0 fully saturated rings. The smallest absolute Gasteiger partial charge is 0.269 e. The third-order valence-corrected chi connectivity index (χ3v) is 5.19. The van der Waals surface area contributed by atoms with Crippen molar-refractivity contribution in [3.8, 4) is 17.3 Å². The first-order chi connectivity index (χ1) is 13.0. The standard InChI is InChI=1S/C19H13BrN4O2S/c1-12-8-16(24(25)26)6-7-17(12)22-10-14(9-21)19-23-18(11-27-19)13-2-4-15(20)5-3-13/h2-8,10-11,22H,1H3/b14-10-. The SMILES string of the molecule is Cc1cc([N+](=O)[O-])ccc1N/C=C(/C#N)c1nc(-c2ccc(Br)cc2)cs1. The molecule has 0 saturated carbocycles. The largest absolute Gasteiger partial charge is 0.360 e. The molecular weight excluding hydrogens is 428 g/mol. The highest BCUT2D eigenvalue weighted by atomic mass is 79.9. The van der Waals surface area contributed by atoms with Gasteiger partial charge in [-0.05, 0) is 30.7 Å². The number of thiazole rings is 1. The fourth-order valence-corrected chi connectivity index (χ4v) is 3.42. The van der Waals surface area contributed by atoms with Crippen LogP contribution in [0.4, 0.5) is 11.4 Å². The average molecular weight is 441 g/mol. The highest BCUT2D eigenvalue weighted by Crippen LogP contribution is 2.27. The van der Waals surface area contributed by atoms with E-state index in [0.717, 1.165) is 15.7 Å². The second kappa shape index (κ2) is 8.12. The monoisotopic (exact) mass is 440 g/mol. The number of hydrogen-bond donors (Lipinski definition) is 1. The zero-order valence-electron chi connectivity index (χ0n) is 14.1. The van der Waals surface area contributed by atoms with Crippen LogP contribution < -0.4 is 5.32 Å². The lowest BCUT2D eigenvalue weighted by molar-refractivity contribution is -0.384. The van der Waals surface area contributed by atoms with Gasteiger partial charge in [0, 0.05) is 39.4 Å². The van der Waals surface area contributed by atoms with E-state index in [9.17, 15) is 15.4 Å². The Morgan fingerprint density at radius 1 is 1.33 bits per heavy atom. The van der Waals surface area contributed by atoms with Crippen LogP contribution in [0.5, 0.6) is 0 Å². The minimum absolute atomic E-state index is 0.0293. The van der Waals surface area contributed by atoms with Crippen molar-refractivity contribution in [1.29, 1.82) is 5.26 Å². The van der Waals surface area contributed by atoms with Gasteiger partial charge in [0.05, 0.1) is 10.6 Å². The summed E-state index contributed by atoms with van der Waals surface area (Å²) < 4.78 is 0.988. The zero-order valence-corrected chi connectivity index (χ0v) is 16.5. The summed E-state index contributed by atoms with van der Waals surface area (Å²) in [6.07, 6.45) is 1.57. The van der Waals surface area contributed by atoms with E-state index < -0.39 is 4.92 Å². The topological polar surface area (TPSA) is 91.9 Å². The van der Waals surface area contributed by atoms with Crippen molar-refractivity contribution in [3.05, 3.63) is 79.2 Å².